The molecule has 0 saturated carbocycles. The monoisotopic (exact) mass is 950 g/mol. The summed E-state index contributed by atoms with van der Waals surface area (Å²) >= 11 is 0. The Labute approximate surface area is 445 Å². The van der Waals surface area contributed by atoms with E-state index in [2.05, 4.69) is 9.97 Å². The van der Waals surface area contributed by atoms with Crippen LogP contribution in [-0.4, -0.2) is 60.8 Å². The van der Waals surface area contributed by atoms with Crippen LogP contribution >= 0.6 is 0 Å². The van der Waals surface area contributed by atoms with Crippen LogP contribution in [0.5, 0.6) is 17.2 Å². The minimum Gasteiger partial charge on any atom is -0.870 e. The standard InChI is InChI=1S/C17H14N2O2.C16H14O2.C9H10O2.C7H6O.3C2H6.CH4O.K.H2O/c1-11-9-13(7-8-16(11)20)15-10-14(18-17(21)19-15)12-5-3-2-4-6-12;1-12-11-14(8-10-15(12)17)16(18)9-7-13-5-3-2-4-6-13;1-6-5-8(7(2)10)3-4-9(6)11;8-6-7-4-2-1-3-5-7;4*1-2;;/h2-10,20H,1H3,(H,18,19,21);2-11,17H,1H3;3-5,11H,1-2H3;1-6H;3*1-2H3;2H,1H3;;1H2/q;;;;;;;;+1;/p-1/b;9-7+;;;;;;;;. The van der Waals surface area contributed by atoms with Crippen LogP contribution in [0.1, 0.15) is 102 Å². The number of allylic oxidation sites excluding steroid dienone is 1. The normalized spacial score (nSPS) is 9.00. The number of hydrogen-bond acceptors (Lipinski definition) is 10. The zero-order valence-electron chi connectivity index (χ0n) is 41.5. The van der Waals surface area contributed by atoms with Gasteiger partial charge in [0.05, 0.1) is 11.4 Å². The molecule has 0 fully saturated rings. The van der Waals surface area contributed by atoms with E-state index < -0.39 is 5.69 Å². The van der Waals surface area contributed by atoms with Crippen LogP contribution in [-0.2, 0) is 0 Å². The fraction of sp³-hybridized carbons (Fsp3) is 0.196. The van der Waals surface area contributed by atoms with E-state index in [4.69, 9.17) is 10.2 Å². The molecule has 0 aliphatic heterocycles. The van der Waals surface area contributed by atoms with Crippen molar-refractivity contribution in [2.75, 3.05) is 7.11 Å². The molecule has 1 heterocycles. The molecule has 0 bridgehead atoms. The smallest absolute Gasteiger partial charge is 0.870 e. The molecule has 68 heavy (non-hydrogen) atoms. The van der Waals surface area contributed by atoms with Crippen molar-refractivity contribution in [2.24, 2.45) is 0 Å². The van der Waals surface area contributed by atoms with Gasteiger partial charge in [0.15, 0.2) is 11.6 Å². The van der Waals surface area contributed by atoms with E-state index in [1.807, 2.05) is 139 Å². The second kappa shape index (κ2) is 39.0. The maximum Gasteiger partial charge on any atom is 1.00 e. The van der Waals surface area contributed by atoms with Crippen molar-refractivity contribution in [3.63, 3.8) is 0 Å². The molecular formula is C56H67KN2O9. The Morgan fingerprint density at radius 1 is 0.544 bits per heavy atom. The molecule has 1 aromatic heterocycles. The molecule has 0 unspecified atom stereocenters. The van der Waals surface area contributed by atoms with Crippen molar-refractivity contribution in [2.45, 2.75) is 69.2 Å². The predicted molar refractivity (Wildman–Crippen MR) is 274 cm³/mol. The molecule has 0 aliphatic carbocycles. The maximum absolute atomic E-state index is 11.9. The molecule has 0 amide bonds. The molecule has 0 spiro atoms. The van der Waals surface area contributed by atoms with Gasteiger partial charge in [-0.1, -0.05) is 139 Å². The van der Waals surface area contributed by atoms with E-state index in [1.54, 1.807) is 80.6 Å². The number of nitrogens with one attached hydrogen (secondary N) is 1. The second-order valence-electron chi connectivity index (χ2n) is 13.0. The van der Waals surface area contributed by atoms with Crippen LogP contribution in [0.4, 0.5) is 0 Å². The number of phenolic OH excluding ortho intramolecular Hbond substituents is 3. The van der Waals surface area contributed by atoms with E-state index in [9.17, 15) is 29.4 Å². The van der Waals surface area contributed by atoms with Gasteiger partial charge in [-0.15, -0.1) is 0 Å². The minimum atomic E-state index is -0.392. The predicted octanol–water partition coefficient (Wildman–Crippen LogP) is 9.63. The molecule has 0 aliphatic rings. The summed E-state index contributed by atoms with van der Waals surface area (Å²) in [6.45, 7) is 18.9. The van der Waals surface area contributed by atoms with Crippen LogP contribution < -0.4 is 57.1 Å². The Morgan fingerprint density at radius 3 is 1.38 bits per heavy atom. The van der Waals surface area contributed by atoms with Gasteiger partial charge in [-0.05, 0) is 122 Å². The summed E-state index contributed by atoms with van der Waals surface area (Å²) in [5.74, 6) is 0.621. The van der Waals surface area contributed by atoms with Crippen molar-refractivity contribution in [1.82, 2.24) is 9.97 Å². The van der Waals surface area contributed by atoms with Gasteiger partial charge in [-0.3, -0.25) is 14.4 Å². The molecule has 11 nitrogen and oxygen atoms in total. The van der Waals surface area contributed by atoms with Crippen LogP contribution in [0.25, 0.3) is 28.6 Å². The zero-order valence-corrected chi connectivity index (χ0v) is 44.6. The van der Waals surface area contributed by atoms with Gasteiger partial charge in [-0.25, -0.2) is 4.79 Å². The molecular weight excluding hydrogens is 884 g/mol. The van der Waals surface area contributed by atoms with Gasteiger partial charge < -0.3 is 30.9 Å². The van der Waals surface area contributed by atoms with Gasteiger partial charge in [0, 0.05) is 29.4 Å². The first-order valence-corrected chi connectivity index (χ1v) is 21.6. The number of H-pyrrole nitrogens is 1. The summed E-state index contributed by atoms with van der Waals surface area (Å²) < 4.78 is 0. The molecule has 0 atom stereocenters. The third-order valence-corrected chi connectivity index (χ3v) is 8.57. The van der Waals surface area contributed by atoms with Gasteiger partial charge >= 0.3 is 57.1 Å². The number of Topliss-reactive ketones (excluding diaryl/α,β-unsaturated/α-hetero) is 1. The number of benzene rings is 6. The second-order valence-corrected chi connectivity index (χ2v) is 13.0. The van der Waals surface area contributed by atoms with E-state index in [1.165, 1.54) is 13.0 Å². The number of aldehydes is 1. The van der Waals surface area contributed by atoms with Crippen molar-refractivity contribution in [1.29, 1.82) is 0 Å². The molecule has 7 rings (SSSR count). The molecule has 6 N–H and O–H groups in total. The van der Waals surface area contributed by atoms with E-state index in [0.717, 1.165) is 52.5 Å². The molecule has 6 aromatic carbocycles. The fourth-order valence-electron chi connectivity index (χ4n) is 5.24. The van der Waals surface area contributed by atoms with Crippen molar-refractivity contribution in [3.05, 3.63) is 207 Å². The van der Waals surface area contributed by atoms with Crippen LogP contribution in [0, 0.1) is 20.8 Å². The van der Waals surface area contributed by atoms with Gasteiger partial charge in [0.25, 0.3) is 0 Å². The molecule has 12 heteroatoms. The van der Waals surface area contributed by atoms with E-state index in [0.29, 0.717) is 22.4 Å². The van der Waals surface area contributed by atoms with E-state index in [-0.39, 0.29) is 85.7 Å². The molecule has 0 radical (unpaired) electrons. The summed E-state index contributed by atoms with van der Waals surface area (Å²) in [7, 11) is 1.00. The summed E-state index contributed by atoms with van der Waals surface area (Å²) in [5.41, 5.74) is 7.76. The number of ketones is 2. The Hall–Kier alpha value is -6.09. The summed E-state index contributed by atoms with van der Waals surface area (Å²) in [4.78, 5) is 51.3. The number of nitrogens with zero attached hydrogens (tertiary/aromatic N) is 1. The first-order chi connectivity index (χ1) is 31.8. The van der Waals surface area contributed by atoms with Crippen molar-refractivity contribution >= 4 is 23.9 Å². The number of phenols is 3. The number of aryl methyl sites for hydroxylation is 3. The number of carbonyl (C=O) groups is 3. The maximum atomic E-state index is 11.9. The van der Waals surface area contributed by atoms with Crippen molar-refractivity contribution < 1.29 is 91.7 Å². The Morgan fingerprint density at radius 2 is 0.956 bits per heavy atom. The zero-order chi connectivity index (χ0) is 50.0. The quantitative estimate of drug-likeness (QED) is 0.0442. The Bertz CT molecular complexity index is 2560. The first-order valence-electron chi connectivity index (χ1n) is 21.6. The first kappa shape index (κ1) is 66.2. The van der Waals surface area contributed by atoms with Crippen LogP contribution in [0.15, 0.2) is 163 Å². The van der Waals surface area contributed by atoms with Crippen molar-refractivity contribution in [3.8, 4) is 39.8 Å². The van der Waals surface area contributed by atoms with Gasteiger partial charge in [0.1, 0.15) is 23.5 Å². The average Bonchev–Trinajstić information content (AvgIpc) is 3.37. The third kappa shape index (κ3) is 24.6. The number of aliphatic hydroxyl groups excluding tert-OH is 1. The topological polar surface area (TPSA) is 208 Å². The summed E-state index contributed by atoms with van der Waals surface area (Å²) in [6, 6.07) is 45.0. The van der Waals surface area contributed by atoms with Gasteiger partial charge in [-0.2, -0.15) is 4.98 Å². The number of hydrogen-bond donors (Lipinski definition) is 5. The van der Waals surface area contributed by atoms with E-state index >= 15 is 0 Å². The third-order valence-electron chi connectivity index (χ3n) is 8.57. The average molecular weight is 951 g/mol. The number of rotatable bonds is 7. The largest absolute Gasteiger partial charge is 1.00 e. The summed E-state index contributed by atoms with van der Waals surface area (Å²) in [6.07, 6.45) is 4.16. The Kier molecular flexibility index (Phi) is 37.9. The number of aliphatic hydroxyl groups is 1. The van der Waals surface area contributed by atoms with Gasteiger partial charge in [0.2, 0.25) is 0 Å². The molecule has 7 aromatic rings. The molecule has 0 saturated heterocycles. The number of carbonyl (C=O) groups excluding carboxylic acids is 3. The number of aromatic nitrogens is 2. The number of aromatic hydroxyl groups is 3. The van der Waals surface area contributed by atoms with Crippen LogP contribution in [0.3, 0.4) is 0 Å². The summed E-state index contributed by atoms with van der Waals surface area (Å²) in [5, 5.41) is 35.1. The SMILES string of the molecule is CC.CC.CC.CC(=O)c1ccc(O)c(C)c1.CO.Cc1cc(-c2cc(-c3ccccc3)[nH]c(=O)n2)ccc1O.Cc1cc(C(=O)/C=C/c2ccccc2)ccc1O.O=Cc1ccccc1.[K+].[OH-]. The Balaban J connectivity index is -0.000000817. The molecule has 356 valence electrons. The fourth-order valence-corrected chi connectivity index (χ4v) is 5.24. The van der Waals surface area contributed by atoms with Crippen LogP contribution in [0.2, 0.25) is 0 Å². The number of aromatic amines is 1. The minimum absolute atomic E-state index is 0.